The molecule has 3 rings (SSSR count). The molecule has 0 atom stereocenters. The van der Waals surface area contributed by atoms with Crippen LogP contribution in [0.1, 0.15) is 16.1 Å². The summed E-state index contributed by atoms with van der Waals surface area (Å²) in [6, 6.07) is 7.01. The summed E-state index contributed by atoms with van der Waals surface area (Å²) in [5.74, 6) is -1.62. The van der Waals surface area contributed by atoms with Gasteiger partial charge in [-0.05, 0) is 36.4 Å². The maximum atomic E-state index is 13.5. The third kappa shape index (κ3) is 3.67. The molecule has 26 heavy (non-hydrogen) atoms. The van der Waals surface area contributed by atoms with Gasteiger partial charge in [0.1, 0.15) is 11.6 Å². The Hall–Kier alpha value is -2.94. The van der Waals surface area contributed by atoms with Crippen LogP contribution in [0.4, 0.5) is 23.4 Å². The van der Waals surface area contributed by atoms with Crippen LogP contribution in [0, 0.1) is 5.82 Å². The Bertz CT molecular complexity index is 936. The van der Waals surface area contributed by atoms with E-state index in [0.717, 1.165) is 30.5 Å². The molecule has 3 aromatic rings. The molecule has 5 nitrogen and oxygen atoms in total. The molecule has 2 heterocycles. The van der Waals surface area contributed by atoms with Crippen LogP contribution < -0.4 is 5.32 Å². The topological polar surface area (TPSA) is 59.8 Å². The number of hydrogen-bond donors (Lipinski definition) is 1. The lowest BCUT2D eigenvalue weighted by Gasteiger charge is -2.12. The van der Waals surface area contributed by atoms with E-state index in [1.54, 1.807) is 0 Å². The number of pyridine rings is 1. The number of nitrogens with one attached hydrogen (secondary N) is 1. The van der Waals surface area contributed by atoms with Crippen molar-refractivity contribution in [2.24, 2.45) is 0 Å². The lowest BCUT2D eigenvalue weighted by molar-refractivity contribution is -0.143. The van der Waals surface area contributed by atoms with Crippen molar-refractivity contribution in [1.29, 1.82) is 0 Å². The standard InChI is InChI=1S/C16H9ClF4N4O/c17-9-1-6-13(22-7-9)24-15(26)12-8-23-25(14(12)16(19,20)21)11-4-2-10(18)3-5-11/h1-8H,(H,22,24,26). The molecule has 0 fully saturated rings. The first kappa shape index (κ1) is 17.9. The molecule has 0 spiro atoms. The zero-order valence-corrected chi connectivity index (χ0v) is 13.5. The van der Waals surface area contributed by atoms with Gasteiger partial charge in [0.2, 0.25) is 0 Å². The molecule has 134 valence electrons. The summed E-state index contributed by atoms with van der Waals surface area (Å²) in [4.78, 5) is 16.1. The number of aromatic nitrogens is 3. The minimum absolute atomic E-state index is 0.0297. The first-order valence-corrected chi connectivity index (χ1v) is 7.47. The largest absolute Gasteiger partial charge is 0.434 e. The van der Waals surface area contributed by atoms with Crippen molar-refractivity contribution in [2.75, 3.05) is 5.32 Å². The molecule has 1 N–H and O–H groups in total. The summed E-state index contributed by atoms with van der Waals surface area (Å²) in [6.45, 7) is 0. The van der Waals surface area contributed by atoms with Crippen molar-refractivity contribution < 1.29 is 22.4 Å². The van der Waals surface area contributed by atoms with Crippen LogP contribution in [0.5, 0.6) is 0 Å². The highest BCUT2D eigenvalue weighted by atomic mass is 35.5. The number of rotatable bonds is 3. The molecule has 10 heteroatoms. The fourth-order valence-electron chi connectivity index (χ4n) is 2.20. The number of carbonyl (C=O) groups excluding carboxylic acids is 1. The number of alkyl halides is 3. The van der Waals surface area contributed by atoms with Gasteiger partial charge >= 0.3 is 6.18 Å². The molecule has 2 aromatic heterocycles. The van der Waals surface area contributed by atoms with Gasteiger partial charge in [-0.2, -0.15) is 18.3 Å². The number of nitrogens with zero attached hydrogens (tertiary/aromatic N) is 3. The first-order chi connectivity index (χ1) is 12.3. The smallest absolute Gasteiger partial charge is 0.306 e. The maximum Gasteiger partial charge on any atom is 0.434 e. The fourth-order valence-corrected chi connectivity index (χ4v) is 2.31. The van der Waals surface area contributed by atoms with Gasteiger partial charge in [0.25, 0.3) is 5.91 Å². The van der Waals surface area contributed by atoms with Gasteiger partial charge in [0, 0.05) is 6.20 Å². The van der Waals surface area contributed by atoms with Gasteiger partial charge < -0.3 is 5.32 Å². The molecule has 0 radical (unpaired) electrons. The monoisotopic (exact) mass is 384 g/mol. The van der Waals surface area contributed by atoms with E-state index >= 15 is 0 Å². The van der Waals surface area contributed by atoms with Gasteiger partial charge in [0.15, 0.2) is 5.69 Å². The Morgan fingerprint density at radius 2 is 1.77 bits per heavy atom. The second-order valence-electron chi connectivity index (χ2n) is 5.11. The zero-order chi connectivity index (χ0) is 18.9. The van der Waals surface area contributed by atoms with E-state index in [4.69, 9.17) is 11.6 Å². The van der Waals surface area contributed by atoms with Crippen LogP contribution in [-0.2, 0) is 6.18 Å². The van der Waals surface area contributed by atoms with Gasteiger partial charge in [-0.25, -0.2) is 14.1 Å². The van der Waals surface area contributed by atoms with Crippen LogP contribution in [-0.4, -0.2) is 20.7 Å². The molecule has 1 amide bonds. The van der Waals surface area contributed by atoms with Crippen molar-refractivity contribution >= 4 is 23.3 Å². The Morgan fingerprint density at radius 1 is 1.08 bits per heavy atom. The molecular weight excluding hydrogens is 376 g/mol. The predicted octanol–water partition coefficient (Wildman–Crippen LogP) is 4.33. The molecule has 0 aliphatic carbocycles. The quantitative estimate of drug-likeness (QED) is 0.684. The molecule has 0 aliphatic heterocycles. The highest BCUT2D eigenvalue weighted by Crippen LogP contribution is 2.34. The fraction of sp³-hybridized carbons (Fsp3) is 0.0625. The normalized spacial score (nSPS) is 11.4. The number of halogens is 5. The SMILES string of the molecule is O=C(Nc1ccc(Cl)cn1)c1cnn(-c2ccc(F)cc2)c1C(F)(F)F. The summed E-state index contributed by atoms with van der Waals surface area (Å²) < 4.78 is 54.1. The second-order valence-corrected chi connectivity index (χ2v) is 5.55. The summed E-state index contributed by atoms with van der Waals surface area (Å²) in [5, 5.41) is 6.19. The van der Waals surface area contributed by atoms with Gasteiger partial charge in [0.05, 0.1) is 22.5 Å². The van der Waals surface area contributed by atoms with Crippen molar-refractivity contribution in [1.82, 2.24) is 14.8 Å². The van der Waals surface area contributed by atoms with Crippen molar-refractivity contribution in [3.8, 4) is 5.69 Å². The molecule has 0 saturated heterocycles. The van der Waals surface area contributed by atoms with E-state index in [1.165, 1.54) is 18.3 Å². The molecule has 0 aliphatic rings. The predicted molar refractivity (Wildman–Crippen MR) is 85.7 cm³/mol. The second kappa shape index (κ2) is 6.75. The minimum Gasteiger partial charge on any atom is -0.306 e. The van der Waals surface area contributed by atoms with Crippen LogP contribution in [0.15, 0.2) is 48.8 Å². The summed E-state index contributed by atoms with van der Waals surface area (Å²) >= 11 is 5.67. The molecule has 0 saturated carbocycles. The number of amides is 1. The van der Waals surface area contributed by atoms with Crippen molar-refractivity contribution in [2.45, 2.75) is 6.18 Å². The van der Waals surface area contributed by atoms with Crippen molar-refractivity contribution in [3.05, 3.63) is 70.9 Å². The van der Waals surface area contributed by atoms with E-state index in [0.29, 0.717) is 9.70 Å². The van der Waals surface area contributed by atoms with Crippen LogP contribution in [0.3, 0.4) is 0 Å². The van der Waals surface area contributed by atoms with Gasteiger partial charge in [-0.1, -0.05) is 11.6 Å². The number of carbonyl (C=O) groups is 1. The number of anilines is 1. The average molecular weight is 385 g/mol. The highest BCUT2D eigenvalue weighted by molar-refractivity contribution is 6.30. The highest BCUT2D eigenvalue weighted by Gasteiger charge is 2.40. The van der Waals surface area contributed by atoms with Crippen molar-refractivity contribution in [3.63, 3.8) is 0 Å². The molecule has 0 bridgehead atoms. The number of benzene rings is 1. The summed E-state index contributed by atoms with van der Waals surface area (Å²) in [7, 11) is 0. The summed E-state index contributed by atoms with van der Waals surface area (Å²) in [6.07, 6.45) is -2.84. The van der Waals surface area contributed by atoms with Crippen LogP contribution in [0.25, 0.3) is 5.69 Å². The Kier molecular flexibility index (Phi) is 4.64. The molecular formula is C16H9ClF4N4O. The molecule has 1 aromatic carbocycles. The van der Waals surface area contributed by atoms with E-state index in [1.807, 2.05) is 0 Å². The van der Waals surface area contributed by atoms with Gasteiger partial charge in [-0.15, -0.1) is 0 Å². The van der Waals surface area contributed by atoms with Gasteiger partial charge in [-0.3, -0.25) is 4.79 Å². The number of hydrogen-bond acceptors (Lipinski definition) is 3. The maximum absolute atomic E-state index is 13.5. The first-order valence-electron chi connectivity index (χ1n) is 7.10. The Morgan fingerprint density at radius 3 is 2.35 bits per heavy atom. The third-order valence-corrected chi connectivity index (χ3v) is 3.55. The Labute approximate surface area is 149 Å². The lowest BCUT2D eigenvalue weighted by Crippen LogP contribution is -2.21. The summed E-state index contributed by atoms with van der Waals surface area (Å²) in [5.41, 5.74) is -2.02. The minimum atomic E-state index is -4.87. The molecule has 0 unspecified atom stereocenters. The zero-order valence-electron chi connectivity index (χ0n) is 12.8. The van der Waals surface area contributed by atoms with Crippen LogP contribution in [0.2, 0.25) is 5.02 Å². The average Bonchev–Trinajstić information content (AvgIpc) is 3.03. The van der Waals surface area contributed by atoms with E-state index in [9.17, 15) is 22.4 Å². The van der Waals surface area contributed by atoms with E-state index in [2.05, 4.69) is 15.4 Å². The Balaban J connectivity index is 2.00. The van der Waals surface area contributed by atoms with E-state index in [-0.39, 0.29) is 11.5 Å². The lowest BCUT2D eigenvalue weighted by atomic mass is 10.2. The van der Waals surface area contributed by atoms with E-state index < -0.39 is 29.2 Å². The van der Waals surface area contributed by atoms with Crippen LogP contribution >= 0.6 is 11.6 Å². The third-order valence-electron chi connectivity index (χ3n) is 3.32.